The van der Waals surface area contributed by atoms with Crippen LogP contribution in [0.1, 0.15) is 72.6 Å². The smallest absolute Gasteiger partial charge is 0.302 e. The van der Waals surface area contributed by atoms with Gasteiger partial charge in [0.2, 0.25) is 0 Å². The Morgan fingerprint density at radius 2 is 1.88 bits per heavy atom. The van der Waals surface area contributed by atoms with Crippen LogP contribution in [-0.2, 0) is 14.3 Å². The number of esters is 1. The van der Waals surface area contributed by atoms with Crippen molar-refractivity contribution >= 4 is 11.8 Å². The summed E-state index contributed by atoms with van der Waals surface area (Å²) < 4.78 is 5.73. The lowest BCUT2D eigenvalue weighted by Crippen LogP contribution is -2.53. The van der Waals surface area contributed by atoms with E-state index >= 15 is 0 Å². The van der Waals surface area contributed by atoms with Crippen LogP contribution in [0, 0.1) is 34.5 Å². The van der Waals surface area contributed by atoms with Crippen LogP contribution < -0.4 is 0 Å². The lowest BCUT2D eigenvalue weighted by Gasteiger charge is -2.59. The van der Waals surface area contributed by atoms with Crippen LogP contribution in [0.3, 0.4) is 0 Å². The van der Waals surface area contributed by atoms with E-state index in [0.717, 1.165) is 30.8 Å². The molecule has 0 aromatic rings. The molecule has 4 rings (SSSR count). The first-order valence-electron chi connectivity index (χ1n) is 10.2. The average molecular weight is 344 g/mol. The molecule has 0 aliphatic heterocycles. The standard InChI is InChI=1S/C22H32O3/c1-13-12-22(4)15(11-19(13)24)5-6-16-17-7-8-20(25-14(2)23)21(17,3)10-9-18(16)22/h12,15-18,20H,5-11H2,1-4H3/t15?,16?,17?,18?,20?,21-,22-/m0/s1. The maximum absolute atomic E-state index is 12.2. The lowest BCUT2D eigenvalue weighted by atomic mass is 9.46. The van der Waals surface area contributed by atoms with E-state index in [9.17, 15) is 9.59 Å². The Bertz CT molecular complexity index is 635. The third-order valence-corrected chi connectivity index (χ3v) is 8.58. The van der Waals surface area contributed by atoms with Crippen molar-refractivity contribution in [2.45, 2.75) is 78.7 Å². The molecule has 0 heterocycles. The molecular weight excluding hydrogens is 312 g/mol. The number of ketones is 1. The molecule has 138 valence electrons. The fourth-order valence-electron chi connectivity index (χ4n) is 7.29. The van der Waals surface area contributed by atoms with Crippen molar-refractivity contribution in [3.8, 4) is 0 Å². The van der Waals surface area contributed by atoms with Crippen molar-refractivity contribution in [3.05, 3.63) is 11.6 Å². The summed E-state index contributed by atoms with van der Waals surface area (Å²) in [7, 11) is 0. The minimum Gasteiger partial charge on any atom is -0.462 e. The fraction of sp³-hybridized carbons (Fsp3) is 0.818. The van der Waals surface area contributed by atoms with Crippen molar-refractivity contribution in [2.75, 3.05) is 0 Å². The summed E-state index contributed by atoms with van der Waals surface area (Å²) in [5, 5.41) is 0. The van der Waals surface area contributed by atoms with Crippen molar-refractivity contribution in [3.63, 3.8) is 0 Å². The Labute approximate surface area is 151 Å². The zero-order chi connectivity index (χ0) is 18.0. The van der Waals surface area contributed by atoms with E-state index in [-0.39, 0.29) is 22.9 Å². The molecular formula is C22H32O3. The molecule has 3 fully saturated rings. The highest BCUT2D eigenvalue weighted by Crippen LogP contribution is 2.65. The number of carbonyl (C=O) groups is 2. The number of hydrogen-bond acceptors (Lipinski definition) is 3. The molecule has 7 atom stereocenters. The Hall–Kier alpha value is -1.12. The van der Waals surface area contributed by atoms with Crippen molar-refractivity contribution in [1.82, 2.24) is 0 Å². The largest absolute Gasteiger partial charge is 0.462 e. The molecule has 5 unspecified atom stereocenters. The summed E-state index contributed by atoms with van der Waals surface area (Å²) in [5.74, 6) is 2.83. The van der Waals surface area contributed by atoms with Gasteiger partial charge < -0.3 is 4.74 Å². The van der Waals surface area contributed by atoms with Gasteiger partial charge in [-0.25, -0.2) is 0 Å². The predicted molar refractivity (Wildman–Crippen MR) is 96.8 cm³/mol. The van der Waals surface area contributed by atoms with Crippen LogP contribution in [0.2, 0.25) is 0 Å². The third-order valence-electron chi connectivity index (χ3n) is 8.58. The summed E-state index contributed by atoms with van der Waals surface area (Å²) in [5.41, 5.74) is 1.32. The molecule has 0 amide bonds. The van der Waals surface area contributed by atoms with E-state index in [1.54, 1.807) is 6.92 Å². The Balaban J connectivity index is 1.64. The third kappa shape index (κ3) is 2.44. The van der Waals surface area contributed by atoms with Gasteiger partial charge in [-0.2, -0.15) is 0 Å². The molecule has 25 heavy (non-hydrogen) atoms. The second-order valence-electron chi connectivity index (χ2n) is 9.69. The number of carbonyl (C=O) groups excluding carboxylic acids is 2. The molecule has 0 N–H and O–H groups in total. The van der Waals surface area contributed by atoms with Gasteiger partial charge in [0, 0.05) is 18.8 Å². The number of Topliss-reactive ketones (excluding diaryl/α,β-unsaturated/α-hetero) is 1. The van der Waals surface area contributed by atoms with Crippen LogP contribution in [0.25, 0.3) is 0 Å². The van der Waals surface area contributed by atoms with E-state index < -0.39 is 0 Å². The molecule has 4 aliphatic rings. The molecule has 0 saturated heterocycles. The average Bonchev–Trinajstić information content (AvgIpc) is 2.85. The molecule has 0 spiro atoms. The van der Waals surface area contributed by atoms with Gasteiger partial charge in [-0.1, -0.05) is 19.9 Å². The van der Waals surface area contributed by atoms with Crippen LogP contribution >= 0.6 is 0 Å². The maximum atomic E-state index is 12.2. The summed E-state index contributed by atoms with van der Waals surface area (Å²) in [4.78, 5) is 23.8. The van der Waals surface area contributed by atoms with Gasteiger partial charge in [0.1, 0.15) is 6.10 Å². The first kappa shape index (κ1) is 17.3. The maximum Gasteiger partial charge on any atom is 0.302 e. The summed E-state index contributed by atoms with van der Waals surface area (Å²) in [6.45, 7) is 8.34. The normalized spacial score (nSPS) is 48.9. The monoisotopic (exact) mass is 344 g/mol. The van der Waals surface area contributed by atoms with Gasteiger partial charge in [-0.15, -0.1) is 0 Å². The van der Waals surface area contributed by atoms with Crippen LogP contribution in [0.5, 0.6) is 0 Å². The van der Waals surface area contributed by atoms with Crippen molar-refractivity contribution < 1.29 is 14.3 Å². The first-order chi connectivity index (χ1) is 11.8. The predicted octanol–water partition coefficient (Wildman–Crippen LogP) is 4.70. The van der Waals surface area contributed by atoms with Gasteiger partial charge in [-0.3, -0.25) is 9.59 Å². The summed E-state index contributed by atoms with van der Waals surface area (Å²) in [6, 6.07) is 0. The highest BCUT2D eigenvalue weighted by Gasteiger charge is 2.60. The van der Waals surface area contributed by atoms with E-state index in [1.165, 1.54) is 25.7 Å². The summed E-state index contributed by atoms with van der Waals surface area (Å²) in [6.07, 6.45) is 10.2. The van der Waals surface area contributed by atoms with Gasteiger partial charge in [0.05, 0.1) is 0 Å². The molecule has 4 aliphatic carbocycles. The summed E-state index contributed by atoms with van der Waals surface area (Å²) >= 11 is 0. The minimum atomic E-state index is -0.131. The number of allylic oxidation sites excluding steroid dienone is 2. The Morgan fingerprint density at radius 3 is 2.60 bits per heavy atom. The van der Waals surface area contributed by atoms with Crippen LogP contribution in [-0.4, -0.2) is 17.9 Å². The topological polar surface area (TPSA) is 43.4 Å². The van der Waals surface area contributed by atoms with Crippen molar-refractivity contribution in [2.24, 2.45) is 34.5 Å². The highest BCUT2D eigenvalue weighted by molar-refractivity contribution is 5.96. The number of hydrogen-bond donors (Lipinski definition) is 0. The van der Waals surface area contributed by atoms with Gasteiger partial charge >= 0.3 is 5.97 Å². The molecule has 3 nitrogen and oxygen atoms in total. The van der Waals surface area contributed by atoms with Gasteiger partial charge in [0.25, 0.3) is 0 Å². The minimum absolute atomic E-state index is 0.103. The Morgan fingerprint density at radius 1 is 1.12 bits per heavy atom. The second kappa shape index (κ2) is 5.69. The zero-order valence-electron chi connectivity index (χ0n) is 16.1. The van der Waals surface area contributed by atoms with E-state index in [0.29, 0.717) is 23.5 Å². The molecule has 3 heteroatoms. The quantitative estimate of drug-likeness (QED) is 0.648. The second-order valence-corrected chi connectivity index (χ2v) is 9.69. The number of ether oxygens (including phenoxy) is 1. The van der Waals surface area contributed by atoms with Crippen LogP contribution in [0.4, 0.5) is 0 Å². The van der Waals surface area contributed by atoms with E-state index in [2.05, 4.69) is 19.9 Å². The fourth-order valence-corrected chi connectivity index (χ4v) is 7.29. The molecule has 0 aromatic heterocycles. The number of fused-ring (bicyclic) bond motifs is 5. The SMILES string of the molecule is CC(=O)OC1CCC2C3CCC4CC(=O)C(C)=C[C@]4(C)C3CC[C@]12C. The zero-order valence-corrected chi connectivity index (χ0v) is 16.1. The lowest BCUT2D eigenvalue weighted by molar-refractivity contribution is -0.158. The van der Waals surface area contributed by atoms with Crippen molar-refractivity contribution in [1.29, 1.82) is 0 Å². The Kier molecular flexibility index (Phi) is 3.94. The van der Waals surface area contributed by atoms with Gasteiger partial charge in [0.15, 0.2) is 5.78 Å². The van der Waals surface area contributed by atoms with E-state index in [4.69, 9.17) is 4.74 Å². The molecule has 3 saturated carbocycles. The number of rotatable bonds is 1. The molecule has 0 bridgehead atoms. The van der Waals surface area contributed by atoms with Crippen LogP contribution in [0.15, 0.2) is 11.6 Å². The van der Waals surface area contributed by atoms with Gasteiger partial charge in [-0.05, 0) is 80.1 Å². The van der Waals surface area contributed by atoms with E-state index in [1.807, 2.05) is 6.92 Å². The highest BCUT2D eigenvalue weighted by atomic mass is 16.5. The molecule has 0 radical (unpaired) electrons. The first-order valence-corrected chi connectivity index (χ1v) is 10.2. The molecule has 0 aromatic carbocycles.